The molecule has 0 aromatic carbocycles. The van der Waals surface area contributed by atoms with Gasteiger partial charge in [0.15, 0.2) is 0 Å². The van der Waals surface area contributed by atoms with E-state index < -0.39 is 10.4 Å². The van der Waals surface area contributed by atoms with Gasteiger partial charge < -0.3 is 0 Å². The Kier molecular flexibility index (Phi) is 14.9. The molecule has 0 radical (unpaired) electrons. The molecule has 2 amide bonds. The van der Waals surface area contributed by atoms with Crippen molar-refractivity contribution < 1.29 is 27.1 Å². The van der Waals surface area contributed by atoms with Crippen LogP contribution in [0.5, 0.6) is 0 Å². The Morgan fingerprint density at radius 1 is 1.04 bits per heavy atom. The molecule has 0 aromatic rings. The summed E-state index contributed by atoms with van der Waals surface area (Å²) in [5.74, 6) is -0.657. The van der Waals surface area contributed by atoms with Crippen LogP contribution in [0.15, 0.2) is 53.3 Å². The highest BCUT2D eigenvalue weighted by atomic mass is 32.3. The zero-order valence-corrected chi connectivity index (χ0v) is 17.1. The fourth-order valence-corrected chi connectivity index (χ4v) is 1.67. The number of carbonyl (C=O) groups excluding carboxylic acids is 2. The van der Waals surface area contributed by atoms with Crippen molar-refractivity contribution >= 4 is 22.2 Å². The summed E-state index contributed by atoms with van der Waals surface area (Å²) < 4.78 is 31.6. The van der Waals surface area contributed by atoms with Gasteiger partial charge in [-0.1, -0.05) is 29.9 Å². The summed E-state index contributed by atoms with van der Waals surface area (Å²) in [5.41, 5.74) is 7.08. The summed E-state index contributed by atoms with van der Waals surface area (Å²) >= 11 is 0. The molecule has 27 heavy (non-hydrogen) atoms. The largest absolute Gasteiger partial charge is 0.394 e. The molecule has 1 aliphatic rings. The van der Waals surface area contributed by atoms with E-state index in [-0.39, 0.29) is 11.8 Å². The van der Waals surface area contributed by atoms with Crippen molar-refractivity contribution in [1.82, 2.24) is 5.32 Å². The first-order valence-corrected chi connectivity index (χ1v) is 9.62. The Bertz CT molecular complexity index is 710. The lowest BCUT2D eigenvalue weighted by Gasteiger charge is -1.99. The van der Waals surface area contributed by atoms with Crippen LogP contribution in [-0.4, -0.2) is 29.3 Å². The predicted molar refractivity (Wildman–Crippen MR) is 106 cm³/mol. The van der Waals surface area contributed by atoms with Crippen LogP contribution >= 0.6 is 0 Å². The molecule has 0 spiro atoms. The minimum atomic E-state index is -4.67. The Balaban J connectivity index is 0. The van der Waals surface area contributed by atoms with Crippen LogP contribution in [0.4, 0.5) is 0 Å². The van der Waals surface area contributed by atoms with E-state index in [0.29, 0.717) is 0 Å². The highest BCUT2D eigenvalue weighted by Crippen LogP contribution is 2.10. The fraction of sp³-hybridized carbons (Fsp3) is 0.421. The van der Waals surface area contributed by atoms with E-state index in [2.05, 4.69) is 52.2 Å². The second-order valence-corrected chi connectivity index (χ2v) is 6.90. The van der Waals surface area contributed by atoms with Crippen LogP contribution in [0.2, 0.25) is 0 Å². The number of allylic oxidation sites excluding steroid dienone is 5. The van der Waals surface area contributed by atoms with Crippen molar-refractivity contribution in [3.05, 3.63) is 53.3 Å². The van der Waals surface area contributed by atoms with Crippen molar-refractivity contribution in [1.29, 1.82) is 0 Å². The van der Waals surface area contributed by atoms with Crippen molar-refractivity contribution in [2.75, 3.05) is 0 Å². The van der Waals surface area contributed by atoms with Crippen LogP contribution in [0, 0.1) is 0 Å². The number of imide groups is 1. The van der Waals surface area contributed by atoms with Gasteiger partial charge in [0.2, 0.25) is 0 Å². The highest BCUT2D eigenvalue weighted by molar-refractivity contribution is 7.79. The second kappa shape index (κ2) is 14.9. The third-order valence-corrected chi connectivity index (χ3v) is 3.04. The molecule has 1 heterocycles. The summed E-state index contributed by atoms with van der Waals surface area (Å²) in [4.78, 5) is 20.1. The Morgan fingerprint density at radius 2 is 1.48 bits per heavy atom. The molecule has 0 saturated carbocycles. The van der Waals surface area contributed by atoms with E-state index in [9.17, 15) is 9.59 Å². The van der Waals surface area contributed by atoms with Gasteiger partial charge in [0.05, 0.1) is 0 Å². The van der Waals surface area contributed by atoms with E-state index in [1.807, 2.05) is 5.32 Å². The zero-order valence-electron chi connectivity index (χ0n) is 16.3. The maximum atomic E-state index is 10.0. The van der Waals surface area contributed by atoms with E-state index in [0.717, 1.165) is 12.8 Å². The fourth-order valence-electron chi connectivity index (χ4n) is 1.67. The third kappa shape index (κ3) is 26.1. The number of hydrogen-bond donors (Lipinski definition) is 3. The minimum absolute atomic E-state index is 0.329. The van der Waals surface area contributed by atoms with Crippen molar-refractivity contribution in [2.45, 2.75) is 53.4 Å². The normalized spacial score (nSPS) is 12.7. The van der Waals surface area contributed by atoms with Gasteiger partial charge in [-0.2, -0.15) is 8.42 Å². The van der Waals surface area contributed by atoms with Gasteiger partial charge in [-0.15, -0.1) is 5.73 Å². The first-order valence-electron chi connectivity index (χ1n) is 8.22. The number of rotatable bonds is 6. The van der Waals surface area contributed by atoms with Gasteiger partial charge in [-0.3, -0.25) is 24.0 Å². The summed E-state index contributed by atoms with van der Waals surface area (Å²) in [5, 5.41) is 2.03. The van der Waals surface area contributed by atoms with Crippen molar-refractivity contribution in [3.63, 3.8) is 0 Å². The van der Waals surface area contributed by atoms with Gasteiger partial charge in [-0.05, 0) is 59.0 Å². The average molecular weight is 400 g/mol. The van der Waals surface area contributed by atoms with Crippen molar-refractivity contribution in [3.8, 4) is 0 Å². The van der Waals surface area contributed by atoms with Crippen LogP contribution in [0.3, 0.4) is 0 Å². The van der Waals surface area contributed by atoms with Gasteiger partial charge in [0.1, 0.15) is 0 Å². The first-order chi connectivity index (χ1) is 12.3. The first kappa shape index (κ1) is 27.0. The Hall–Kier alpha value is -2.25. The number of nitrogens with one attached hydrogen (secondary N) is 1. The van der Waals surface area contributed by atoms with Gasteiger partial charge >= 0.3 is 10.4 Å². The molecule has 0 fully saturated rings. The van der Waals surface area contributed by atoms with Gasteiger partial charge in [0, 0.05) is 12.2 Å². The van der Waals surface area contributed by atoms with Crippen LogP contribution < -0.4 is 5.32 Å². The molecule has 3 N–H and O–H groups in total. The van der Waals surface area contributed by atoms with Gasteiger partial charge in [0.25, 0.3) is 11.8 Å². The minimum Gasteiger partial charge on any atom is -0.289 e. The monoisotopic (exact) mass is 399 g/mol. The van der Waals surface area contributed by atoms with Crippen molar-refractivity contribution in [2.24, 2.45) is 0 Å². The van der Waals surface area contributed by atoms with E-state index >= 15 is 0 Å². The van der Waals surface area contributed by atoms with E-state index in [1.165, 1.54) is 41.7 Å². The smallest absolute Gasteiger partial charge is 0.289 e. The molecule has 1 aliphatic heterocycles. The summed E-state index contributed by atoms with van der Waals surface area (Å²) in [6.45, 7) is 12.2. The SMILES string of the molecule is C=C=C(C)CCC=C(C)CCC=C(C)C.O=C1C=CC(=O)N1.O=S(=O)(O)O. The lowest BCUT2D eigenvalue weighted by molar-refractivity contribution is -0.123. The quantitative estimate of drug-likeness (QED) is 0.271. The second-order valence-electron chi connectivity index (χ2n) is 6.00. The standard InChI is InChI=1S/C15H24.C4H3NO2.H2O4S/c1-6-14(4)10-8-12-15(5)11-7-9-13(2)3;6-3-1-2-4(7)5-3;1-5(2,3)4/h9,12H,1,7-8,10-11H2,2-5H3;1-2H,(H,5,6,7);(H2,1,2,3,4). The Morgan fingerprint density at radius 3 is 1.81 bits per heavy atom. The summed E-state index contributed by atoms with van der Waals surface area (Å²) in [6.07, 6.45) is 11.6. The maximum absolute atomic E-state index is 10.0. The molecule has 8 heteroatoms. The molecular formula is C19H29NO6S. The molecule has 0 aliphatic carbocycles. The topological polar surface area (TPSA) is 121 Å². The molecule has 152 valence electrons. The number of carbonyl (C=O) groups is 2. The predicted octanol–water partition coefficient (Wildman–Crippen LogP) is 3.74. The molecular weight excluding hydrogens is 370 g/mol. The maximum Gasteiger partial charge on any atom is 0.394 e. The third-order valence-electron chi connectivity index (χ3n) is 3.04. The zero-order chi connectivity index (χ0) is 21.5. The van der Waals surface area contributed by atoms with Gasteiger partial charge in [-0.25, -0.2) is 0 Å². The molecule has 0 unspecified atom stereocenters. The molecule has 0 saturated heterocycles. The summed E-state index contributed by atoms with van der Waals surface area (Å²) in [6, 6.07) is 0. The number of hydrogen-bond acceptors (Lipinski definition) is 4. The average Bonchev–Trinajstić information content (AvgIpc) is 2.89. The highest BCUT2D eigenvalue weighted by Gasteiger charge is 2.06. The molecule has 0 bridgehead atoms. The lowest BCUT2D eigenvalue weighted by atomic mass is 10.1. The Labute approximate surface area is 161 Å². The van der Waals surface area contributed by atoms with Crippen LogP contribution in [0.1, 0.15) is 53.4 Å². The molecule has 7 nitrogen and oxygen atoms in total. The van der Waals surface area contributed by atoms with E-state index in [4.69, 9.17) is 17.5 Å². The molecule has 0 aromatic heterocycles. The number of amides is 2. The van der Waals surface area contributed by atoms with Crippen LogP contribution in [0.25, 0.3) is 0 Å². The van der Waals surface area contributed by atoms with E-state index in [1.54, 1.807) is 0 Å². The lowest BCUT2D eigenvalue weighted by Crippen LogP contribution is -2.19. The molecule has 0 atom stereocenters. The van der Waals surface area contributed by atoms with Crippen LogP contribution in [-0.2, 0) is 20.0 Å². The molecule has 1 rings (SSSR count). The summed E-state index contributed by atoms with van der Waals surface area (Å²) in [7, 11) is -4.67.